The Kier molecular flexibility index (Phi) is 13.0. The molecule has 0 radical (unpaired) electrons. The van der Waals surface area contributed by atoms with Crippen LogP contribution < -0.4 is 0 Å². The predicted molar refractivity (Wildman–Crippen MR) is 202 cm³/mol. The molecule has 1 aliphatic carbocycles. The standard InChI is InChI=1S/C42H42F10O2S2/c1-41(2,3)21-13-19(39(53)23(15-21)27-29(43)33(47)37(51)34(48)30(27)44)17-55-25-11-9-7-8-10-12-26(25)56-18-20-14-22(42(4,5)6)16-24(40(20)54)28-31(45)35(49)38(52)36(50)32(28)46/h13-16,25-26,53-54H,7-12,17-18H2,1-6H3/t25-,26?/m0/s1. The highest BCUT2D eigenvalue weighted by atomic mass is 32.2. The molecule has 56 heavy (non-hydrogen) atoms. The fourth-order valence-corrected chi connectivity index (χ4v) is 9.80. The van der Waals surface area contributed by atoms with Crippen molar-refractivity contribution in [1.29, 1.82) is 0 Å². The van der Waals surface area contributed by atoms with Crippen molar-refractivity contribution in [3.05, 3.63) is 105 Å². The van der Waals surface area contributed by atoms with E-state index in [9.17, 15) is 36.6 Å². The summed E-state index contributed by atoms with van der Waals surface area (Å²) in [5.41, 5.74) is -3.48. The molecule has 0 heterocycles. The third kappa shape index (κ3) is 8.66. The molecule has 304 valence electrons. The van der Waals surface area contributed by atoms with E-state index >= 15 is 17.6 Å². The Balaban J connectivity index is 1.51. The van der Waals surface area contributed by atoms with Gasteiger partial charge in [0.25, 0.3) is 0 Å². The maximum atomic E-state index is 15.1. The minimum Gasteiger partial charge on any atom is -0.507 e. The first-order valence-electron chi connectivity index (χ1n) is 18.1. The van der Waals surface area contributed by atoms with Crippen LogP contribution in [-0.2, 0) is 22.3 Å². The normalized spacial score (nSPS) is 16.9. The number of thioether (sulfide) groups is 2. The lowest BCUT2D eigenvalue weighted by Gasteiger charge is -2.30. The largest absolute Gasteiger partial charge is 0.507 e. The molecule has 0 bridgehead atoms. The zero-order chi connectivity index (χ0) is 41.6. The minimum atomic E-state index is -2.31. The van der Waals surface area contributed by atoms with E-state index in [0.29, 0.717) is 24.0 Å². The molecular formula is C42H42F10O2S2. The Labute approximate surface area is 328 Å². The second kappa shape index (κ2) is 16.8. The number of benzene rings is 4. The van der Waals surface area contributed by atoms with Crippen molar-refractivity contribution in [3.63, 3.8) is 0 Å². The predicted octanol–water partition coefficient (Wildman–Crippen LogP) is 13.7. The van der Waals surface area contributed by atoms with E-state index in [0.717, 1.165) is 25.7 Å². The van der Waals surface area contributed by atoms with E-state index in [4.69, 9.17) is 0 Å². The van der Waals surface area contributed by atoms with E-state index in [1.807, 2.05) is 0 Å². The molecule has 0 amide bonds. The first-order valence-corrected chi connectivity index (χ1v) is 20.1. The monoisotopic (exact) mass is 832 g/mol. The summed E-state index contributed by atoms with van der Waals surface area (Å²) in [6.07, 6.45) is 4.99. The fourth-order valence-electron chi connectivity index (χ4n) is 6.73. The number of halogens is 10. The molecule has 2 atom stereocenters. The number of aromatic hydroxyl groups is 2. The van der Waals surface area contributed by atoms with E-state index in [2.05, 4.69) is 0 Å². The summed E-state index contributed by atoms with van der Waals surface area (Å²) >= 11 is 2.87. The van der Waals surface area contributed by atoms with Crippen molar-refractivity contribution in [3.8, 4) is 33.8 Å². The fraction of sp³-hybridized carbons (Fsp3) is 0.429. The smallest absolute Gasteiger partial charge is 0.200 e. The molecule has 4 aromatic carbocycles. The quantitative estimate of drug-likeness (QED) is 0.105. The lowest BCUT2D eigenvalue weighted by Crippen LogP contribution is -2.22. The lowest BCUT2D eigenvalue weighted by atomic mass is 9.83. The maximum absolute atomic E-state index is 15.1. The molecule has 1 aliphatic rings. The molecule has 0 saturated heterocycles. The van der Waals surface area contributed by atoms with Crippen LogP contribution in [-0.4, -0.2) is 20.7 Å². The van der Waals surface area contributed by atoms with Gasteiger partial charge in [-0.3, -0.25) is 0 Å². The van der Waals surface area contributed by atoms with E-state index < -0.39 is 103 Å². The van der Waals surface area contributed by atoms with Crippen molar-refractivity contribution >= 4 is 23.5 Å². The van der Waals surface area contributed by atoms with Gasteiger partial charge in [0.05, 0.1) is 11.1 Å². The Morgan fingerprint density at radius 2 is 0.750 bits per heavy atom. The summed E-state index contributed by atoms with van der Waals surface area (Å²) in [7, 11) is 0. The van der Waals surface area contributed by atoms with Gasteiger partial charge in [-0.25, -0.2) is 43.9 Å². The molecular weight excluding hydrogens is 791 g/mol. The third-order valence-corrected chi connectivity index (χ3v) is 13.2. The molecule has 2 nitrogen and oxygen atoms in total. The van der Waals surface area contributed by atoms with Crippen molar-refractivity contribution in [1.82, 2.24) is 0 Å². The highest BCUT2D eigenvalue weighted by Gasteiger charge is 2.33. The summed E-state index contributed by atoms with van der Waals surface area (Å²) in [4.78, 5) is 0. The average molecular weight is 833 g/mol. The second-order valence-electron chi connectivity index (χ2n) is 16.1. The molecule has 5 rings (SSSR count). The highest BCUT2D eigenvalue weighted by molar-refractivity contribution is 8.03. The number of hydrogen-bond donors (Lipinski definition) is 2. The van der Waals surface area contributed by atoms with Crippen LogP contribution >= 0.6 is 23.5 Å². The van der Waals surface area contributed by atoms with Crippen molar-refractivity contribution in [2.24, 2.45) is 0 Å². The van der Waals surface area contributed by atoms with Crippen LogP contribution in [0.4, 0.5) is 43.9 Å². The number of phenols is 2. The second-order valence-corrected chi connectivity index (χ2v) is 18.6. The lowest BCUT2D eigenvalue weighted by molar-refractivity contribution is 0.380. The van der Waals surface area contributed by atoms with E-state index in [1.54, 1.807) is 53.7 Å². The number of hydrogen-bond acceptors (Lipinski definition) is 4. The van der Waals surface area contributed by atoms with Gasteiger partial charge in [0.1, 0.15) is 11.5 Å². The third-order valence-electron chi connectivity index (χ3n) is 10.1. The summed E-state index contributed by atoms with van der Waals surface area (Å²) in [6.45, 7) is 10.8. The first kappa shape index (κ1) is 43.6. The first-order chi connectivity index (χ1) is 26.1. The van der Waals surface area contributed by atoms with Crippen LogP contribution in [0.1, 0.15) is 102 Å². The van der Waals surface area contributed by atoms with Crippen molar-refractivity contribution in [2.75, 3.05) is 0 Å². The molecule has 0 spiro atoms. The Bertz CT molecular complexity index is 1930. The van der Waals surface area contributed by atoms with Crippen LogP contribution in [0.2, 0.25) is 0 Å². The Morgan fingerprint density at radius 1 is 0.464 bits per heavy atom. The van der Waals surface area contributed by atoms with Gasteiger partial charge in [0.2, 0.25) is 11.6 Å². The molecule has 1 saturated carbocycles. The number of rotatable bonds is 8. The zero-order valence-corrected chi connectivity index (χ0v) is 33.2. The van der Waals surface area contributed by atoms with Gasteiger partial charge in [0.15, 0.2) is 46.5 Å². The molecule has 0 aliphatic heterocycles. The topological polar surface area (TPSA) is 40.5 Å². The summed E-state index contributed by atoms with van der Waals surface area (Å²) < 4.78 is 145. The van der Waals surface area contributed by atoms with Gasteiger partial charge in [-0.15, -0.1) is 0 Å². The average Bonchev–Trinajstić information content (AvgIpc) is 3.12. The highest BCUT2D eigenvalue weighted by Crippen LogP contribution is 2.46. The SMILES string of the molecule is CC(C)(C)c1cc(CSC2CCCCCC[C@@H]2SCc2cc(C(C)(C)C)cc(-c3c(F)c(F)c(F)c(F)c3F)c2O)c(O)c(-c2c(F)c(F)c(F)c(F)c2F)c1. The zero-order valence-electron chi connectivity index (χ0n) is 31.6. The van der Waals surface area contributed by atoms with Gasteiger partial charge in [-0.1, -0.05) is 79.4 Å². The van der Waals surface area contributed by atoms with Gasteiger partial charge < -0.3 is 10.2 Å². The van der Waals surface area contributed by atoms with Gasteiger partial charge in [-0.05, 0) is 46.9 Å². The molecule has 4 aromatic rings. The van der Waals surface area contributed by atoms with Crippen LogP contribution in [0.5, 0.6) is 11.5 Å². The minimum absolute atomic E-state index is 0.0923. The van der Waals surface area contributed by atoms with E-state index in [1.165, 1.54) is 35.7 Å². The molecule has 1 unspecified atom stereocenters. The summed E-state index contributed by atoms with van der Waals surface area (Å²) in [5, 5.41) is 22.5. The molecule has 14 heteroatoms. The van der Waals surface area contributed by atoms with E-state index in [-0.39, 0.29) is 33.1 Å². The van der Waals surface area contributed by atoms with Crippen molar-refractivity contribution < 1.29 is 54.1 Å². The summed E-state index contributed by atoms with van der Waals surface area (Å²) in [6, 6.07) is 5.71. The van der Waals surface area contributed by atoms with Gasteiger partial charge in [0, 0.05) is 44.3 Å². The molecule has 1 fully saturated rings. The van der Waals surface area contributed by atoms with Crippen molar-refractivity contribution in [2.45, 2.75) is 113 Å². The number of phenolic OH excluding ortho intramolecular Hbond substituents is 2. The van der Waals surface area contributed by atoms with Crippen LogP contribution in [0.3, 0.4) is 0 Å². The maximum Gasteiger partial charge on any atom is 0.200 e. The molecule has 2 N–H and O–H groups in total. The van der Waals surface area contributed by atoms with Gasteiger partial charge in [-0.2, -0.15) is 23.5 Å². The van der Waals surface area contributed by atoms with Crippen LogP contribution in [0.25, 0.3) is 22.3 Å². The van der Waals surface area contributed by atoms with Crippen LogP contribution in [0.15, 0.2) is 24.3 Å². The van der Waals surface area contributed by atoms with Gasteiger partial charge >= 0.3 is 0 Å². The Hall–Kier alpha value is -3.52. The summed E-state index contributed by atoms with van der Waals surface area (Å²) in [5.74, 6) is -22.5. The van der Waals surface area contributed by atoms with Crippen LogP contribution in [0, 0.1) is 58.2 Å². The Morgan fingerprint density at radius 3 is 1.04 bits per heavy atom. The molecule has 0 aromatic heterocycles.